The normalized spacial score (nSPS) is 17.1. The van der Waals surface area contributed by atoms with Crippen molar-refractivity contribution in [1.82, 2.24) is 0 Å². The van der Waals surface area contributed by atoms with Gasteiger partial charge in [0.1, 0.15) is 5.41 Å². The van der Waals surface area contributed by atoms with Crippen molar-refractivity contribution in [3.63, 3.8) is 0 Å². The molecular weight excluding hydrogens is 210 g/mol. The zero-order valence-electron chi connectivity index (χ0n) is 10.6. The van der Waals surface area contributed by atoms with Crippen molar-refractivity contribution in [2.75, 3.05) is 0 Å². The number of aryl methyl sites for hydroxylation is 3. The van der Waals surface area contributed by atoms with Crippen molar-refractivity contribution in [3.8, 4) is 6.07 Å². The second-order valence-corrected chi connectivity index (χ2v) is 5.13. The van der Waals surface area contributed by atoms with Gasteiger partial charge in [-0.3, -0.25) is 4.79 Å². The van der Waals surface area contributed by atoms with Gasteiger partial charge in [-0.05, 0) is 62.8 Å². The number of Topliss-reactive ketones (excluding diaryl/α,β-unsaturated/α-hetero) is 1. The average molecular weight is 227 g/mol. The fourth-order valence-electron chi connectivity index (χ4n) is 2.38. The monoisotopic (exact) mass is 227 g/mol. The van der Waals surface area contributed by atoms with E-state index in [-0.39, 0.29) is 5.78 Å². The van der Waals surface area contributed by atoms with Crippen molar-refractivity contribution in [3.05, 3.63) is 34.4 Å². The van der Waals surface area contributed by atoms with Gasteiger partial charge in [0.2, 0.25) is 0 Å². The molecule has 0 saturated heterocycles. The Hall–Kier alpha value is -1.62. The first kappa shape index (κ1) is 11.9. The summed E-state index contributed by atoms with van der Waals surface area (Å²) in [5, 5.41) is 9.21. The lowest BCUT2D eigenvalue weighted by Crippen LogP contribution is -2.37. The van der Waals surface area contributed by atoms with Crippen LogP contribution in [0.3, 0.4) is 0 Å². The quantitative estimate of drug-likeness (QED) is 0.726. The summed E-state index contributed by atoms with van der Waals surface area (Å²) in [6.45, 7) is 5.99. The summed E-state index contributed by atoms with van der Waals surface area (Å²) in [6, 6.07) is 6.19. The third kappa shape index (κ3) is 1.76. The Labute approximate surface area is 102 Å². The van der Waals surface area contributed by atoms with Crippen molar-refractivity contribution < 1.29 is 4.79 Å². The molecule has 0 heterocycles. The summed E-state index contributed by atoms with van der Waals surface area (Å²) in [4.78, 5) is 12.4. The molecular formula is C15H17NO. The highest BCUT2D eigenvalue weighted by molar-refractivity contribution is 6.04. The summed E-state index contributed by atoms with van der Waals surface area (Å²) in [5.74, 6) is 0.0202. The summed E-state index contributed by atoms with van der Waals surface area (Å²) < 4.78 is 0. The summed E-state index contributed by atoms with van der Waals surface area (Å²) >= 11 is 0. The minimum absolute atomic E-state index is 0.0202. The zero-order chi connectivity index (χ0) is 12.6. The van der Waals surface area contributed by atoms with E-state index in [4.69, 9.17) is 0 Å². The Morgan fingerprint density at radius 2 is 1.76 bits per heavy atom. The first-order chi connectivity index (χ1) is 8.00. The Balaban J connectivity index is 2.45. The molecule has 17 heavy (non-hydrogen) atoms. The number of benzene rings is 1. The van der Waals surface area contributed by atoms with Gasteiger partial charge in [0.15, 0.2) is 5.78 Å². The Morgan fingerprint density at radius 3 is 2.24 bits per heavy atom. The van der Waals surface area contributed by atoms with E-state index in [1.165, 1.54) is 5.56 Å². The molecule has 0 spiro atoms. The van der Waals surface area contributed by atoms with Gasteiger partial charge in [-0.2, -0.15) is 5.26 Å². The molecule has 1 saturated carbocycles. The van der Waals surface area contributed by atoms with Crippen LogP contribution in [0, 0.1) is 37.5 Å². The molecule has 0 radical (unpaired) electrons. The standard InChI is InChI=1S/C15H17NO/c1-10-7-12(3)13(8-11(10)2)14(17)15(9-16)5-4-6-15/h7-8H,4-6H2,1-3H3. The fourth-order valence-corrected chi connectivity index (χ4v) is 2.38. The minimum Gasteiger partial charge on any atom is -0.292 e. The number of nitriles is 1. The molecule has 2 rings (SSSR count). The molecule has 0 N–H and O–H groups in total. The van der Waals surface area contributed by atoms with E-state index < -0.39 is 5.41 Å². The van der Waals surface area contributed by atoms with E-state index >= 15 is 0 Å². The molecule has 1 fully saturated rings. The maximum Gasteiger partial charge on any atom is 0.183 e. The predicted octanol–water partition coefficient (Wildman–Crippen LogP) is 3.49. The number of hydrogen-bond acceptors (Lipinski definition) is 2. The van der Waals surface area contributed by atoms with Gasteiger partial charge in [0.05, 0.1) is 6.07 Å². The lowest BCUT2D eigenvalue weighted by Gasteiger charge is -2.34. The molecule has 0 aromatic heterocycles. The largest absolute Gasteiger partial charge is 0.292 e. The van der Waals surface area contributed by atoms with Crippen LogP contribution in [-0.4, -0.2) is 5.78 Å². The van der Waals surface area contributed by atoms with Crippen LogP contribution in [0.2, 0.25) is 0 Å². The molecule has 2 nitrogen and oxygen atoms in total. The number of rotatable bonds is 2. The number of nitrogens with zero attached hydrogens (tertiary/aromatic N) is 1. The Morgan fingerprint density at radius 1 is 1.18 bits per heavy atom. The van der Waals surface area contributed by atoms with E-state index in [9.17, 15) is 10.1 Å². The first-order valence-corrected chi connectivity index (χ1v) is 6.04. The topological polar surface area (TPSA) is 40.9 Å². The summed E-state index contributed by atoms with van der Waals surface area (Å²) in [5.41, 5.74) is 3.30. The second-order valence-electron chi connectivity index (χ2n) is 5.13. The molecule has 1 aromatic rings. The Kier molecular flexibility index (Phi) is 2.79. The predicted molar refractivity (Wildman–Crippen MR) is 66.9 cm³/mol. The minimum atomic E-state index is -0.730. The summed E-state index contributed by atoms with van der Waals surface area (Å²) in [6.07, 6.45) is 2.42. The van der Waals surface area contributed by atoms with E-state index in [2.05, 4.69) is 6.07 Å². The molecule has 1 aliphatic carbocycles. The number of hydrogen-bond donors (Lipinski definition) is 0. The first-order valence-electron chi connectivity index (χ1n) is 6.04. The zero-order valence-corrected chi connectivity index (χ0v) is 10.6. The highest BCUT2D eigenvalue weighted by Crippen LogP contribution is 2.43. The second kappa shape index (κ2) is 4.00. The van der Waals surface area contributed by atoms with Gasteiger partial charge < -0.3 is 0 Å². The van der Waals surface area contributed by atoms with Crippen LogP contribution in [-0.2, 0) is 0 Å². The van der Waals surface area contributed by atoms with Crippen LogP contribution < -0.4 is 0 Å². The number of carbonyl (C=O) groups excluding carboxylic acids is 1. The molecule has 2 heteroatoms. The number of carbonyl (C=O) groups is 1. The summed E-state index contributed by atoms with van der Waals surface area (Å²) in [7, 11) is 0. The molecule has 88 valence electrons. The molecule has 0 aliphatic heterocycles. The number of ketones is 1. The van der Waals surface area contributed by atoms with Gasteiger partial charge >= 0.3 is 0 Å². The highest BCUT2D eigenvalue weighted by Gasteiger charge is 2.45. The van der Waals surface area contributed by atoms with Gasteiger partial charge in [-0.15, -0.1) is 0 Å². The molecule has 0 bridgehead atoms. The molecule has 1 aliphatic rings. The molecule has 0 unspecified atom stereocenters. The maximum absolute atomic E-state index is 12.4. The van der Waals surface area contributed by atoms with Crippen LogP contribution in [0.1, 0.15) is 46.3 Å². The SMILES string of the molecule is Cc1cc(C)c(C(=O)C2(C#N)CCC2)cc1C. The van der Waals surface area contributed by atoms with Crippen molar-refractivity contribution in [2.24, 2.45) is 5.41 Å². The molecule has 1 aromatic carbocycles. The fraction of sp³-hybridized carbons (Fsp3) is 0.467. The van der Waals surface area contributed by atoms with E-state index in [0.717, 1.165) is 23.1 Å². The smallest absolute Gasteiger partial charge is 0.183 e. The Bertz CT molecular complexity index is 518. The lowest BCUT2D eigenvalue weighted by molar-refractivity contribution is 0.0747. The highest BCUT2D eigenvalue weighted by atomic mass is 16.1. The van der Waals surface area contributed by atoms with Crippen LogP contribution >= 0.6 is 0 Å². The maximum atomic E-state index is 12.4. The van der Waals surface area contributed by atoms with Crippen LogP contribution in [0.4, 0.5) is 0 Å². The molecule has 0 atom stereocenters. The van der Waals surface area contributed by atoms with Gasteiger partial charge in [0.25, 0.3) is 0 Å². The van der Waals surface area contributed by atoms with E-state index in [1.54, 1.807) is 0 Å². The van der Waals surface area contributed by atoms with Gasteiger partial charge in [0, 0.05) is 5.56 Å². The third-order valence-corrected chi connectivity index (χ3v) is 3.94. The van der Waals surface area contributed by atoms with Crippen molar-refractivity contribution >= 4 is 5.78 Å². The molecule has 0 amide bonds. The van der Waals surface area contributed by atoms with Gasteiger partial charge in [-0.1, -0.05) is 6.07 Å². The third-order valence-electron chi connectivity index (χ3n) is 3.94. The van der Waals surface area contributed by atoms with Crippen molar-refractivity contribution in [1.29, 1.82) is 5.26 Å². The van der Waals surface area contributed by atoms with Gasteiger partial charge in [-0.25, -0.2) is 0 Å². The van der Waals surface area contributed by atoms with Crippen LogP contribution in [0.15, 0.2) is 12.1 Å². The van der Waals surface area contributed by atoms with Crippen LogP contribution in [0.5, 0.6) is 0 Å². The van der Waals surface area contributed by atoms with E-state index in [1.807, 2.05) is 32.9 Å². The van der Waals surface area contributed by atoms with Crippen LogP contribution in [0.25, 0.3) is 0 Å². The van der Waals surface area contributed by atoms with E-state index in [0.29, 0.717) is 12.8 Å². The lowest BCUT2D eigenvalue weighted by atomic mass is 9.65. The average Bonchev–Trinajstić information content (AvgIpc) is 2.22. The van der Waals surface area contributed by atoms with Crippen molar-refractivity contribution in [2.45, 2.75) is 40.0 Å².